The van der Waals surface area contributed by atoms with Crippen molar-refractivity contribution < 1.29 is 0 Å². The minimum absolute atomic E-state index is 1.19. The smallest absolute Gasteiger partial charge is 0.0349 e. The van der Waals surface area contributed by atoms with E-state index >= 15 is 0 Å². The minimum Gasteiger partial charge on any atom is -0.0473 e. The first-order chi connectivity index (χ1) is 5.42. The van der Waals surface area contributed by atoms with Crippen molar-refractivity contribution >= 4 is 0 Å². The topological polar surface area (TPSA) is 0 Å². The Balaban J connectivity index is 1.82. The average molecular weight is 148 g/mol. The Morgan fingerprint density at radius 2 is 1.27 bits per heavy atom. The summed E-state index contributed by atoms with van der Waals surface area (Å²) in [6.45, 7) is 0. The molecule has 4 atom stereocenters. The highest BCUT2D eigenvalue weighted by molar-refractivity contribution is 5.09. The molecule has 0 aromatic heterocycles. The van der Waals surface area contributed by atoms with E-state index in [1.807, 2.05) is 0 Å². The van der Waals surface area contributed by atoms with E-state index in [9.17, 15) is 0 Å². The lowest BCUT2D eigenvalue weighted by atomic mass is 9.39. The summed E-state index contributed by atoms with van der Waals surface area (Å²) in [6.07, 6.45) is 8.19. The van der Waals surface area contributed by atoms with E-state index < -0.39 is 0 Å². The van der Waals surface area contributed by atoms with Gasteiger partial charge in [-0.3, -0.25) is 0 Å². The Bertz CT molecular complexity index is 171. The lowest BCUT2D eigenvalue weighted by molar-refractivity contribution is -0.170. The van der Waals surface area contributed by atoms with Crippen molar-refractivity contribution in [3.05, 3.63) is 0 Å². The molecule has 6 saturated carbocycles. The van der Waals surface area contributed by atoms with Crippen LogP contribution in [-0.2, 0) is 0 Å². The summed E-state index contributed by atoms with van der Waals surface area (Å²) in [5, 5.41) is 0. The molecule has 60 valence electrons. The molecular formula is C11H16. The van der Waals surface area contributed by atoms with E-state index in [1.165, 1.54) is 35.5 Å². The maximum atomic E-state index is 1.65. The zero-order valence-corrected chi connectivity index (χ0v) is 7.00. The van der Waals surface area contributed by atoms with Crippen LogP contribution in [0.15, 0.2) is 0 Å². The highest BCUT2D eigenvalue weighted by atomic mass is 14.6. The van der Waals surface area contributed by atoms with Crippen LogP contribution >= 0.6 is 0 Å². The van der Waals surface area contributed by atoms with Crippen LogP contribution in [0.25, 0.3) is 0 Å². The Kier molecular flexibility index (Phi) is 0.781. The summed E-state index contributed by atoms with van der Waals surface area (Å²) < 4.78 is 0. The van der Waals surface area contributed by atoms with Crippen molar-refractivity contribution in [2.45, 2.75) is 32.1 Å². The van der Waals surface area contributed by atoms with Crippen molar-refractivity contribution in [1.82, 2.24) is 0 Å². The monoisotopic (exact) mass is 148 g/mol. The Labute approximate surface area is 68.4 Å². The zero-order chi connectivity index (χ0) is 7.00. The van der Waals surface area contributed by atoms with Gasteiger partial charge >= 0.3 is 0 Å². The van der Waals surface area contributed by atoms with E-state index in [1.54, 1.807) is 32.1 Å². The summed E-state index contributed by atoms with van der Waals surface area (Å²) in [5.41, 5.74) is 0. The molecule has 6 rings (SSSR count). The van der Waals surface area contributed by atoms with Gasteiger partial charge in [-0.1, -0.05) is 0 Å². The highest BCUT2D eigenvalue weighted by Gasteiger charge is 2.59. The number of hydrogen-bond donors (Lipinski definition) is 0. The third-order valence-corrected chi connectivity index (χ3v) is 5.34. The van der Waals surface area contributed by atoms with Crippen molar-refractivity contribution in [3.63, 3.8) is 0 Å². The molecule has 0 aromatic carbocycles. The average Bonchev–Trinajstić information content (AvgIpc) is 1.94. The largest absolute Gasteiger partial charge is 0.0473 e. The van der Waals surface area contributed by atoms with Gasteiger partial charge in [-0.25, -0.2) is 0 Å². The van der Waals surface area contributed by atoms with Gasteiger partial charge < -0.3 is 0 Å². The fourth-order valence-electron chi connectivity index (χ4n) is 5.03. The van der Waals surface area contributed by atoms with Gasteiger partial charge in [-0.15, -0.1) is 0 Å². The molecule has 0 nitrogen and oxygen atoms in total. The first-order valence-electron chi connectivity index (χ1n) is 5.42. The Hall–Kier alpha value is 0. The molecule has 0 aromatic rings. The van der Waals surface area contributed by atoms with E-state index in [0.29, 0.717) is 0 Å². The molecule has 0 spiro atoms. The summed E-state index contributed by atoms with van der Waals surface area (Å²) in [7, 11) is 0. The molecule has 4 unspecified atom stereocenters. The second-order valence-corrected chi connectivity index (χ2v) is 5.56. The molecular weight excluding hydrogens is 132 g/mol. The number of hydrogen-bond acceptors (Lipinski definition) is 0. The second kappa shape index (κ2) is 1.53. The van der Waals surface area contributed by atoms with Crippen molar-refractivity contribution in [1.29, 1.82) is 0 Å². The molecule has 0 heteroatoms. The SMILES string of the molecule is C1C2CC3CC1C1CC3C1C2. The predicted octanol–water partition coefficient (Wildman–Crippen LogP) is 2.69. The maximum absolute atomic E-state index is 1.65. The molecule has 0 radical (unpaired) electrons. The molecule has 6 aliphatic carbocycles. The minimum atomic E-state index is 1.19. The van der Waals surface area contributed by atoms with Crippen LogP contribution in [-0.4, -0.2) is 0 Å². The summed E-state index contributed by atoms with van der Waals surface area (Å²) >= 11 is 0. The van der Waals surface area contributed by atoms with Gasteiger partial charge in [0.15, 0.2) is 0 Å². The summed E-state index contributed by atoms with van der Waals surface area (Å²) in [6, 6.07) is 0. The fraction of sp³-hybridized carbons (Fsp3) is 1.00. The predicted molar refractivity (Wildman–Crippen MR) is 44.0 cm³/mol. The molecule has 11 heavy (non-hydrogen) atoms. The number of rotatable bonds is 0. The maximum Gasteiger partial charge on any atom is -0.0349 e. The van der Waals surface area contributed by atoms with Crippen LogP contribution in [0.1, 0.15) is 32.1 Å². The van der Waals surface area contributed by atoms with Gasteiger partial charge in [-0.05, 0) is 67.6 Å². The molecule has 0 aliphatic heterocycles. The first kappa shape index (κ1) is 5.61. The van der Waals surface area contributed by atoms with Gasteiger partial charge in [0.25, 0.3) is 0 Å². The molecule has 6 aliphatic rings. The molecule has 0 amide bonds. The van der Waals surface area contributed by atoms with Crippen LogP contribution in [0, 0.1) is 35.5 Å². The summed E-state index contributed by atoms with van der Waals surface area (Å²) in [4.78, 5) is 0. The lowest BCUT2D eigenvalue weighted by Crippen LogP contribution is -2.58. The van der Waals surface area contributed by atoms with E-state index in [-0.39, 0.29) is 0 Å². The Morgan fingerprint density at radius 3 is 1.91 bits per heavy atom. The van der Waals surface area contributed by atoms with E-state index in [4.69, 9.17) is 0 Å². The van der Waals surface area contributed by atoms with E-state index in [0.717, 1.165) is 0 Å². The van der Waals surface area contributed by atoms with Crippen molar-refractivity contribution in [3.8, 4) is 0 Å². The molecule has 0 N–H and O–H groups in total. The van der Waals surface area contributed by atoms with Gasteiger partial charge in [0, 0.05) is 0 Å². The van der Waals surface area contributed by atoms with Gasteiger partial charge in [0.2, 0.25) is 0 Å². The molecule has 0 heterocycles. The zero-order valence-electron chi connectivity index (χ0n) is 7.00. The highest BCUT2D eigenvalue weighted by Crippen LogP contribution is 2.68. The standard InChI is InChI=1S/C11H16/c1-6-2-8-4-7(1)9-5-10(8)11(9)3-6/h6-11H,1-5H2. The summed E-state index contributed by atoms with van der Waals surface area (Å²) in [5.74, 6) is 7.31. The molecule has 6 bridgehead atoms. The Morgan fingerprint density at radius 1 is 0.545 bits per heavy atom. The van der Waals surface area contributed by atoms with Crippen molar-refractivity contribution in [2.24, 2.45) is 35.5 Å². The van der Waals surface area contributed by atoms with Gasteiger partial charge in [-0.2, -0.15) is 0 Å². The fourth-order valence-corrected chi connectivity index (χ4v) is 5.03. The lowest BCUT2D eigenvalue weighted by Gasteiger charge is -2.66. The van der Waals surface area contributed by atoms with Crippen LogP contribution < -0.4 is 0 Å². The second-order valence-electron chi connectivity index (χ2n) is 5.56. The molecule has 0 saturated heterocycles. The molecule has 6 fully saturated rings. The van der Waals surface area contributed by atoms with Crippen LogP contribution in [0.5, 0.6) is 0 Å². The third-order valence-electron chi connectivity index (χ3n) is 5.34. The normalized spacial score (nSPS) is 69.8. The van der Waals surface area contributed by atoms with Crippen molar-refractivity contribution in [2.75, 3.05) is 0 Å². The van der Waals surface area contributed by atoms with Gasteiger partial charge in [0.1, 0.15) is 0 Å². The van der Waals surface area contributed by atoms with Gasteiger partial charge in [0.05, 0.1) is 0 Å². The quantitative estimate of drug-likeness (QED) is 0.495. The van der Waals surface area contributed by atoms with E-state index in [2.05, 4.69) is 0 Å². The van der Waals surface area contributed by atoms with Crippen LogP contribution in [0.3, 0.4) is 0 Å². The first-order valence-corrected chi connectivity index (χ1v) is 5.42. The van der Waals surface area contributed by atoms with Crippen LogP contribution in [0.2, 0.25) is 0 Å². The van der Waals surface area contributed by atoms with Crippen LogP contribution in [0.4, 0.5) is 0 Å². The third kappa shape index (κ3) is 0.494.